The number of aromatic hydroxyl groups is 1. The zero-order chi connectivity index (χ0) is 5.98. The van der Waals surface area contributed by atoms with E-state index in [-0.39, 0.29) is 13.2 Å². The van der Waals surface area contributed by atoms with Gasteiger partial charge >= 0.3 is 0 Å². The fraction of sp³-hybridized carbons (Fsp3) is 0.143. The minimum Gasteiger partial charge on any atom is -0.507 e. The molecule has 0 aromatic heterocycles. The van der Waals surface area contributed by atoms with Gasteiger partial charge in [-0.25, -0.2) is 0 Å². The molecule has 1 N–H and O–H groups in total. The van der Waals surface area contributed by atoms with E-state index >= 15 is 0 Å². The van der Waals surface area contributed by atoms with Crippen molar-refractivity contribution in [2.75, 3.05) is 0 Å². The predicted molar refractivity (Wildman–Crippen MR) is 42.5 cm³/mol. The smallest absolute Gasteiger partial charge is 0.129 e. The molecule has 1 rings (SSSR count). The van der Waals surface area contributed by atoms with Crippen LogP contribution >= 0.6 is 15.9 Å². The summed E-state index contributed by atoms with van der Waals surface area (Å²) >= 11 is 3.15. The van der Waals surface area contributed by atoms with Crippen molar-refractivity contribution in [3.8, 4) is 5.75 Å². The second-order valence-electron chi connectivity index (χ2n) is 1.45. The molecule has 0 aliphatic heterocycles. The molecule has 0 saturated heterocycles. The highest BCUT2D eigenvalue weighted by Crippen LogP contribution is 2.21. The Balaban J connectivity index is 0.000000640. The van der Waals surface area contributed by atoms with Crippen molar-refractivity contribution < 1.29 is 5.11 Å². The Morgan fingerprint density at radius 1 is 1.22 bits per heavy atom. The summed E-state index contributed by atoms with van der Waals surface area (Å²) in [5, 5.41) is 8.87. The van der Waals surface area contributed by atoms with Gasteiger partial charge in [0.25, 0.3) is 0 Å². The Hall–Kier alpha value is -0.500. The predicted octanol–water partition coefficient (Wildman–Crippen LogP) is 2.79. The van der Waals surface area contributed by atoms with Gasteiger partial charge in [-0.05, 0) is 28.1 Å². The van der Waals surface area contributed by atoms with Crippen molar-refractivity contribution in [2.24, 2.45) is 0 Å². The van der Waals surface area contributed by atoms with Crippen LogP contribution in [-0.4, -0.2) is 5.11 Å². The summed E-state index contributed by atoms with van der Waals surface area (Å²) in [6.07, 6.45) is 0. The molecule has 0 bridgehead atoms. The van der Waals surface area contributed by atoms with E-state index in [2.05, 4.69) is 15.9 Å². The third kappa shape index (κ3) is 2.06. The number of halogens is 1. The minimum absolute atomic E-state index is 0. The summed E-state index contributed by atoms with van der Waals surface area (Å²) in [6.45, 7) is 0. The highest BCUT2D eigenvalue weighted by Gasteiger charge is 1.89. The molecular formula is C7H9BrO. The largest absolute Gasteiger partial charge is 0.507 e. The number of phenols is 1. The third-order valence-electron chi connectivity index (χ3n) is 0.852. The molecule has 1 aromatic carbocycles. The molecule has 0 amide bonds. The van der Waals surface area contributed by atoms with Crippen LogP contribution in [0.2, 0.25) is 0 Å². The molecule has 50 valence electrons. The van der Waals surface area contributed by atoms with E-state index in [4.69, 9.17) is 5.11 Å². The second kappa shape index (κ2) is 3.51. The lowest BCUT2D eigenvalue weighted by atomic mass is 10.3. The van der Waals surface area contributed by atoms with E-state index in [1.54, 1.807) is 18.2 Å². The maximum Gasteiger partial charge on any atom is 0.129 e. The van der Waals surface area contributed by atoms with Crippen molar-refractivity contribution in [1.82, 2.24) is 0 Å². The number of rotatable bonds is 0. The SMILES string of the molecule is C.Oc1ccccc1Br. The molecule has 1 aromatic rings. The first kappa shape index (κ1) is 8.50. The number of phenolic OH excluding ortho intramolecular Hbond substituents is 1. The van der Waals surface area contributed by atoms with Gasteiger partial charge in [0.05, 0.1) is 4.47 Å². The van der Waals surface area contributed by atoms with Crippen LogP contribution in [0.25, 0.3) is 0 Å². The number of para-hydroxylation sites is 1. The molecule has 0 unspecified atom stereocenters. The summed E-state index contributed by atoms with van der Waals surface area (Å²) in [5.74, 6) is 0.285. The zero-order valence-corrected chi connectivity index (χ0v) is 5.72. The van der Waals surface area contributed by atoms with Crippen molar-refractivity contribution in [2.45, 2.75) is 7.43 Å². The van der Waals surface area contributed by atoms with Crippen molar-refractivity contribution >= 4 is 15.9 Å². The van der Waals surface area contributed by atoms with Gasteiger partial charge in [0, 0.05) is 0 Å². The van der Waals surface area contributed by atoms with E-state index in [1.807, 2.05) is 6.07 Å². The number of hydrogen-bond donors (Lipinski definition) is 1. The van der Waals surface area contributed by atoms with Crippen LogP contribution < -0.4 is 0 Å². The lowest BCUT2D eigenvalue weighted by Gasteiger charge is -1.90. The summed E-state index contributed by atoms with van der Waals surface area (Å²) in [4.78, 5) is 0. The van der Waals surface area contributed by atoms with Crippen molar-refractivity contribution in [3.05, 3.63) is 28.7 Å². The van der Waals surface area contributed by atoms with Crippen LogP contribution in [0.5, 0.6) is 5.75 Å². The summed E-state index contributed by atoms with van der Waals surface area (Å²) in [7, 11) is 0. The summed E-state index contributed by atoms with van der Waals surface area (Å²) in [6, 6.07) is 7.04. The monoisotopic (exact) mass is 188 g/mol. The maximum absolute atomic E-state index is 8.87. The minimum atomic E-state index is 0. The molecule has 0 atom stereocenters. The van der Waals surface area contributed by atoms with E-state index in [0.717, 1.165) is 4.47 Å². The van der Waals surface area contributed by atoms with E-state index in [1.165, 1.54) is 0 Å². The average Bonchev–Trinajstić information content (AvgIpc) is 1.77. The van der Waals surface area contributed by atoms with Crippen LogP contribution in [0.4, 0.5) is 0 Å². The maximum atomic E-state index is 8.87. The van der Waals surface area contributed by atoms with Crippen LogP contribution in [0.1, 0.15) is 7.43 Å². The Kier molecular flexibility index (Phi) is 3.32. The standard InChI is InChI=1S/C6H5BrO.CH4/c7-5-3-1-2-4-6(5)8;/h1-4,8H;1H4. The summed E-state index contributed by atoms with van der Waals surface area (Å²) in [5.41, 5.74) is 0. The molecule has 2 heteroatoms. The normalized spacial score (nSPS) is 8.11. The molecule has 0 fully saturated rings. The molecule has 0 saturated carbocycles. The molecule has 9 heavy (non-hydrogen) atoms. The molecular weight excluding hydrogens is 180 g/mol. The second-order valence-corrected chi connectivity index (χ2v) is 2.31. The quantitative estimate of drug-likeness (QED) is 0.665. The van der Waals surface area contributed by atoms with E-state index < -0.39 is 0 Å². The molecule has 1 nitrogen and oxygen atoms in total. The molecule has 0 aliphatic carbocycles. The molecule has 0 aliphatic rings. The van der Waals surface area contributed by atoms with Gasteiger partial charge in [0.1, 0.15) is 5.75 Å². The molecule has 0 radical (unpaired) electrons. The highest BCUT2D eigenvalue weighted by atomic mass is 79.9. The Morgan fingerprint density at radius 2 is 1.78 bits per heavy atom. The number of benzene rings is 1. The first-order valence-electron chi connectivity index (χ1n) is 2.24. The van der Waals surface area contributed by atoms with Gasteiger partial charge in [0.2, 0.25) is 0 Å². The van der Waals surface area contributed by atoms with Crippen LogP contribution in [0.3, 0.4) is 0 Å². The topological polar surface area (TPSA) is 20.2 Å². The highest BCUT2D eigenvalue weighted by molar-refractivity contribution is 9.10. The van der Waals surface area contributed by atoms with E-state index in [9.17, 15) is 0 Å². The van der Waals surface area contributed by atoms with Crippen LogP contribution in [-0.2, 0) is 0 Å². The lowest BCUT2D eigenvalue weighted by Crippen LogP contribution is -1.63. The molecule has 0 heterocycles. The number of hydrogen-bond acceptors (Lipinski definition) is 1. The van der Waals surface area contributed by atoms with Gasteiger partial charge < -0.3 is 5.11 Å². The van der Waals surface area contributed by atoms with Gasteiger partial charge in [-0.15, -0.1) is 0 Å². The van der Waals surface area contributed by atoms with E-state index in [0.29, 0.717) is 0 Å². The zero-order valence-electron chi connectivity index (χ0n) is 4.13. The average molecular weight is 189 g/mol. The van der Waals surface area contributed by atoms with Crippen molar-refractivity contribution in [1.29, 1.82) is 0 Å². The van der Waals surface area contributed by atoms with Crippen LogP contribution in [0, 0.1) is 0 Å². The fourth-order valence-electron chi connectivity index (χ4n) is 0.452. The Bertz CT molecular complexity index is 165. The lowest BCUT2D eigenvalue weighted by molar-refractivity contribution is 0.472. The Morgan fingerprint density at radius 3 is 2.11 bits per heavy atom. The molecule has 0 spiro atoms. The van der Waals surface area contributed by atoms with Gasteiger partial charge in [-0.3, -0.25) is 0 Å². The first-order valence-corrected chi connectivity index (χ1v) is 3.03. The van der Waals surface area contributed by atoms with Crippen LogP contribution in [0.15, 0.2) is 28.7 Å². The van der Waals surface area contributed by atoms with Gasteiger partial charge in [0.15, 0.2) is 0 Å². The third-order valence-corrected chi connectivity index (χ3v) is 1.52. The fourth-order valence-corrected chi connectivity index (χ4v) is 0.737. The first-order chi connectivity index (χ1) is 3.80. The Labute approximate surface area is 63.5 Å². The van der Waals surface area contributed by atoms with Gasteiger partial charge in [-0.1, -0.05) is 19.6 Å². The van der Waals surface area contributed by atoms with Crippen molar-refractivity contribution in [3.63, 3.8) is 0 Å². The summed E-state index contributed by atoms with van der Waals surface area (Å²) < 4.78 is 0.736. The van der Waals surface area contributed by atoms with Gasteiger partial charge in [-0.2, -0.15) is 0 Å².